The first-order valence-corrected chi connectivity index (χ1v) is 9.05. The van der Waals surface area contributed by atoms with E-state index in [2.05, 4.69) is 26.2 Å². The van der Waals surface area contributed by atoms with E-state index in [-0.39, 0.29) is 12.5 Å². The van der Waals surface area contributed by atoms with Crippen LogP contribution in [0.25, 0.3) is 11.3 Å². The number of nitrogens with zero attached hydrogens (tertiary/aromatic N) is 1. The third-order valence-electron chi connectivity index (χ3n) is 3.07. The summed E-state index contributed by atoms with van der Waals surface area (Å²) in [5, 5.41) is 5.71. The summed E-state index contributed by atoms with van der Waals surface area (Å²) < 4.78 is 6.34. The van der Waals surface area contributed by atoms with Crippen LogP contribution in [0.1, 0.15) is 0 Å². The number of rotatable bonds is 5. The van der Waals surface area contributed by atoms with Crippen molar-refractivity contribution in [3.63, 3.8) is 0 Å². The zero-order valence-electron chi connectivity index (χ0n) is 12.3. The number of nitrogens with one attached hydrogen (secondary N) is 1. The van der Waals surface area contributed by atoms with Gasteiger partial charge in [-0.1, -0.05) is 51.8 Å². The van der Waals surface area contributed by atoms with Crippen LogP contribution < -0.4 is 10.1 Å². The van der Waals surface area contributed by atoms with E-state index >= 15 is 0 Å². The van der Waals surface area contributed by atoms with Crippen LogP contribution in [0.3, 0.4) is 0 Å². The summed E-state index contributed by atoms with van der Waals surface area (Å²) in [4.78, 5) is 16.4. The summed E-state index contributed by atoms with van der Waals surface area (Å²) in [5.41, 5.74) is 1.56. The normalized spacial score (nSPS) is 10.4. The largest absolute Gasteiger partial charge is 0.484 e. The number of hydrogen-bond acceptors (Lipinski definition) is 4. The highest BCUT2D eigenvalue weighted by molar-refractivity contribution is 9.10. The van der Waals surface area contributed by atoms with E-state index in [4.69, 9.17) is 16.3 Å². The second-order valence-corrected chi connectivity index (χ2v) is 6.99. The van der Waals surface area contributed by atoms with Gasteiger partial charge in [0.2, 0.25) is 0 Å². The van der Waals surface area contributed by atoms with Crippen molar-refractivity contribution in [1.82, 2.24) is 4.98 Å². The van der Waals surface area contributed by atoms with Crippen LogP contribution in [-0.2, 0) is 4.79 Å². The van der Waals surface area contributed by atoms with Gasteiger partial charge in [-0.25, -0.2) is 4.98 Å². The molecule has 1 amide bonds. The molecule has 0 unspecified atom stereocenters. The second kappa shape index (κ2) is 7.79. The standard InChI is InChI=1S/C17H12BrClN2O2S/c18-11-4-3-5-12(8-11)23-9-16(22)21-17-20-15(10-24-17)13-6-1-2-7-14(13)19/h1-8,10H,9H2,(H,20,21,22). The third kappa shape index (κ3) is 4.35. The summed E-state index contributed by atoms with van der Waals surface area (Å²) in [6, 6.07) is 14.8. The Balaban J connectivity index is 1.60. The van der Waals surface area contributed by atoms with Gasteiger partial charge in [-0.05, 0) is 24.3 Å². The van der Waals surface area contributed by atoms with Gasteiger partial charge in [0.15, 0.2) is 11.7 Å². The maximum Gasteiger partial charge on any atom is 0.264 e. The number of carbonyl (C=O) groups excluding carboxylic acids is 1. The van der Waals surface area contributed by atoms with E-state index in [0.717, 1.165) is 15.7 Å². The Bertz CT molecular complexity index is 869. The van der Waals surface area contributed by atoms with Gasteiger partial charge in [-0.2, -0.15) is 0 Å². The summed E-state index contributed by atoms with van der Waals surface area (Å²) >= 11 is 10.9. The first-order chi connectivity index (χ1) is 11.6. The molecule has 0 aliphatic carbocycles. The molecule has 2 aromatic carbocycles. The molecule has 0 aliphatic rings. The minimum absolute atomic E-state index is 0.0859. The second-order valence-electron chi connectivity index (χ2n) is 4.81. The highest BCUT2D eigenvalue weighted by atomic mass is 79.9. The van der Waals surface area contributed by atoms with Gasteiger partial charge in [0.25, 0.3) is 5.91 Å². The highest BCUT2D eigenvalue weighted by Crippen LogP contribution is 2.30. The van der Waals surface area contributed by atoms with Crippen molar-refractivity contribution in [1.29, 1.82) is 0 Å². The number of benzene rings is 2. The molecule has 0 fully saturated rings. The number of hydrogen-bond donors (Lipinski definition) is 1. The molecular formula is C17H12BrClN2O2S. The molecule has 0 saturated heterocycles. The minimum atomic E-state index is -0.268. The quantitative estimate of drug-likeness (QED) is 0.610. The SMILES string of the molecule is O=C(COc1cccc(Br)c1)Nc1nc(-c2ccccc2Cl)cs1. The molecule has 0 saturated carbocycles. The monoisotopic (exact) mass is 422 g/mol. The molecular weight excluding hydrogens is 412 g/mol. The summed E-state index contributed by atoms with van der Waals surface area (Å²) in [5.74, 6) is 0.352. The Kier molecular flexibility index (Phi) is 5.50. The molecule has 0 radical (unpaired) electrons. The first kappa shape index (κ1) is 17.0. The fourth-order valence-corrected chi connectivity index (χ4v) is 3.32. The highest BCUT2D eigenvalue weighted by Gasteiger charge is 2.10. The molecule has 122 valence electrons. The average molecular weight is 424 g/mol. The minimum Gasteiger partial charge on any atom is -0.484 e. The lowest BCUT2D eigenvalue weighted by molar-refractivity contribution is -0.118. The van der Waals surface area contributed by atoms with E-state index in [0.29, 0.717) is 15.9 Å². The number of thiazole rings is 1. The van der Waals surface area contributed by atoms with Gasteiger partial charge in [-0.3, -0.25) is 10.1 Å². The number of amides is 1. The van der Waals surface area contributed by atoms with E-state index in [1.807, 2.05) is 35.7 Å². The Morgan fingerprint density at radius 2 is 2.08 bits per heavy atom. The number of carbonyl (C=O) groups is 1. The first-order valence-electron chi connectivity index (χ1n) is 7.00. The third-order valence-corrected chi connectivity index (χ3v) is 4.65. The average Bonchev–Trinajstić information content (AvgIpc) is 3.02. The zero-order valence-corrected chi connectivity index (χ0v) is 15.5. The van der Waals surface area contributed by atoms with Crippen molar-refractivity contribution < 1.29 is 9.53 Å². The van der Waals surface area contributed by atoms with Crippen molar-refractivity contribution in [3.8, 4) is 17.0 Å². The van der Waals surface area contributed by atoms with Gasteiger partial charge in [0.1, 0.15) is 5.75 Å². The molecule has 7 heteroatoms. The topological polar surface area (TPSA) is 51.2 Å². The molecule has 0 atom stereocenters. The van der Waals surface area contributed by atoms with Gasteiger partial charge < -0.3 is 4.74 Å². The molecule has 24 heavy (non-hydrogen) atoms. The van der Waals surface area contributed by atoms with Crippen LogP contribution >= 0.6 is 38.9 Å². The maximum absolute atomic E-state index is 12.0. The van der Waals surface area contributed by atoms with Crippen LogP contribution in [0, 0.1) is 0 Å². The Morgan fingerprint density at radius 1 is 1.25 bits per heavy atom. The van der Waals surface area contributed by atoms with Gasteiger partial charge in [-0.15, -0.1) is 11.3 Å². The molecule has 0 aliphatic heterocycles. The number of halogens is 2. The molecule has 1 N–H and O–H groups in total. The Morgan fingerprint density at radius 3 is 2.88 bits per heavy atom. The molecule has 0 bridgehead atoms. The van der Waals surface area contributed by atoms with Crippen molar-refractivity contribution in [2.24, 2.45) is 0 Å². The van der Waals surface area contributed by atoms with Crippen LogP contribution in [0.15, 0.2) is 58.4 Å². The zero-order chi connectivity index (χ0) is 16.9. The number of anilines is 1. The van der Waals surface area contributed by atoms with Crippen LogP contribution in [-0.4, -0.2) is 17.5 Å². The van der Waals surface area contributed by atoms with Gasteiger partial charge >= 0.3 is 0 Å². The van der Waals surface area contributed by atoms with E-state index < -0.39 is 0 Å². The Hall–Kier alpha value is -1.89. The molecule has 3 aromatic rings. The van der Waals surface area contributed by atoms with Crippen molar-refractivity contribution in [3.05, 3.63) is 63.4 Å². The lowest BCUT2D eigenvalue weighted by Gasteiger charge is -2.06. The summed E-state index contributed by atoms with van der Waals surface area (Å²) in [6.45, 7) is -0.0859. The summed E-state index contributed by atoms with van der Waals surface area (Å²) in [7, 11) is 0. The number of ether oxygens (including phenoxy) is 1. The fourth-order valence-electron chi connectivity index (χ4n) is 1.98. The fraction of sp³-hybridized carbons (Fsp3) is 0.0588. The predicted octanol–water partition coefficient (Wildman–Crippen LogP) is 5.24. The van der Waals surface area contributed by atoms with Crippen molar-refractivity contribution in [2.45, 2.75) is 0 Å². The maximum atomic E-state index is 12.0. The summed E-state index contributed by atoms with van der Waals surface area (Å²) in [6.07, 6.45) is 0. The van der Waals surface area contributed by atoms with Crippen LogP contribution in [0.5, 0.6) is 5.75 Å². The molecule has 4 nitrogen and oxygen atoms in total. The number of aromatic nitrogens is 1. The lowest BCUT2D eigenvalue weighted by Crippen LogP contribution is -2.20. The van der Waals surface area contributed by atoms with Crippen molar-refractivity contribution >= 4 is 49.9 Å². The van der Waals surface area contributed by atoms with E-state index in [1.54, 1.807) is 18.2 Å². The Labute approximate surface area is 156 Å². The predicted molar refractivity (Wildman–Crippen MR) is 101 cm³/mol. The smallest absolute Gasteiger partial charge is 0.264 e. The lowest BCUT2D eigenvalue weighted by atomic mass is 10.2. The van der Waals surface area contributed by atoms with Crippen LogP contribution in [0.4, 0.5) is 5.13 Å². The molecule has 3 rings (SSSR count). The molecule has 1 heterocycles. The van der Waals surface area contributed by atoms with Gasteiger partial charge in [0, 0.05) is 20.4 Å². The van der Waals surface area contributed by atoms with E-state index in [9.17, 15) is 4.79 Å². The van der Waals surface area contributed by atoms with E-state index in [1.165, 1.54) is 11.3 Å². The molecule has 0 spiro atoms. The van der Waals surface area contributed by atoms with Crippen molar-refractivity contribution in [2.75, 3.05) is 11.9 Å². The van der Waals surface area contributed by atoms with Gasteiger partial charge in [0.05, 0.1) is 5.69 Å². The molecule has 1 aromatic heterocycles. The van der Waals surface area contributed by atoms with Crippen LogP contribution in [0.2, 0.25) is 5.02 Å².